The van der Waals surface area contributed by atoms with E-state index in [0.717, 1.165) is 5.76 Å². The number of benzene rings is 1. The van der Waals surface area contributed by atoms with Crippen molar-refractivity contribution < 1.29 is 9.21 Å². The molecule has 2 aromatic rings. The van der Waals surface area contributed by atoms with Crippen molar-refractivity contribution in [2.45, 2.75) is 6.92 Å². The Balaban J connectivity index is 2.16. The van der Waals surface area contributed by atoms with Gasteiger partial charge in [0.1, 0.15) is 23.2 Å². The maximum absolute atomic E-state index is 11.9. The van der Waals surface area contributed by atoms with Crippen molar-refractivity contribution >= 4 is 17.7 Å². The Labute approximate surface area is 111 Å². The third-order valence-electron chi connectivity index (χ3n) is 2.44. The summed E-state index contributed by atoms with van der Waals surface area (Å²) in [4.78, 5) is 11.9. The molecule has 0 aliphatic heterocycles. The zero-order valence-electron chi connectivity index (χ0n) is 10.4. The van der Waals surface area contributed by atoms with Crippen molar-refractivity contribution in [3.8, 4) is 6.07 Å². The number of amides is 1. The van der Waals surface area contributed by atoms with E-state index < -0.39 is 5.91 Å². The van der Waals surface area contributed by atoms with Gasteiger partial charge in [0.05, 0.1) is 0 Å². The van der Waals surface area contributed by atoms with E-state index in [-0.39, 0.29) is 5.57 Å². The third-order valence-corrected chi connectivity index (χ3v) is 2.44. The fraction of sp³-hybridized carbons (Fsp3) is 0.0667. The van der Waals surface area contributed by atoms with E-state index in [1.807, 2.05) is 12.1 Å². The second-order valence-electron chi connectivity index (χ2n) is 3.94. The first-order valence-corrected chi connectivity index (χ1v) is 5.73. The van der Waals surface area contributed by atoms with Crippen LogP contribution in [0, 0.1) is 18.3 Å². The van der Waals surface area contributed by atoms with Gasteiger partial charge in [-0.25, -0.2) is 0 Å². The maximum Gasteiger partial charge on any atom is 0.266 e. The lowest BCUT2D eigenvalue weighted by molar-refractivity contribution is -0.112. The lowest BCUT2D eigenvalue weighted by Crippen LogP contribution is -2.13. The highest BCUT2D eigenvalue weighted by Gasteiger charge is 2.10. The second-order valence-corrected chi connectivity index (χ2v) is 3.94. The molecular weight excluding hydrogens is 240 g/mol. The molecule has 0 radical (unpaired) electrons. The Morgan fingerprint density at radius 1 is 1.26 bits per heavy atom. The summed E-state index contributed by atoms with van der Waals surface area (Å²) < 4.78 is 5.31. The maximum atomic E-state index is 11.9. The van der Waals surface area contributed by atoms with Crippen LogP contribution in [0.25, 0.3) is 6.08 Å². The minimum atomic E-state index is -0.456. The zero-order chi connectivity index (χ0) is 13.7. The van der Waals surface area contributed by atoms with E-state index in [4.69, 9.17) is 9.68 Å². The van der Waals surface area contributed by atoms with Gasteiger partial charge in [-0.1, -0.05) is 18.2 Å². The van der Waals surface area contributed by atoms with Gasteiger partial charge in [0.25, 0.3) is 5.91 Å². The van der Waals surface area contributed by atoms with Crippen LogP contribution in [0.1, 0.15) is 11.5 Å². The number of carbonyl (C=O) groups excluding carboxylic acids is 1. The van der Waals surface area contributed by atoms with Gasteiger partial charge >= 0.3 is 0 Å². The summed E-state index contributed by atoms with van der Waals surface area (Å²) in [5.41, 5.74) is 0.641. The van der Waals surface area contributed by atoms with Crippen LogP contribution >= 0.6 is 0 Å². The van der Waals surface area contributed by atoms with Crippen LogP contribution in [0.3, 0.4) is 0 Å². The lowest BCUT2D eigenvalue weighted by Gasteiger charge is -2.02. The predicted octanol–water partition coefficient (Wildman–Crippen LogP) is 3.13. The first-order valence-electron chi connectivity index (χ1n) is 5.73. The molecule has 4 heteroatoms. The van der Waals surface area contributed by atoms with E-state index in [1.165, 1.54) is 6.08 Å². The normalized spacial score (nSPS) is 10.8. The van der Waals surface area contributed by atoms with Crippen LogP contribution in [0.15, 0.2) is 52.5 Å². The SMILES string of the molecule is Cc1ccc(C=C(C#N)C(=O)Nc2ccccc2)o1. The number of hydrogen-bond acceptors (Lipinski definition) is 3. The number of nitrogens with zero attached hydrogens (tertiary/aromatic N) is 1. The molecule has 2 rings (SSSR count). The van der Waals surface area contributed by atoms with Crippen LogP contribution in [0.4, 0.5) is 5.69 Å². The average Bonchev–Trinajstić information content (AvgIpc) is 2.82. The van der Waals surface area contributed by atoms with E-state index in [9.17, 15) is 4.79 Å². The summed E-state index contributed by atoms with van der Waals surface area (Å²) in [7, 11) is 0. The Bertz CT molecular complexity index is 648. The van der Waals surface area contributed by atoms with E-state index >= 15 is 0 Å². The average molecular weight is 252 g/mol. The molecule has 94 valence electrons. The summed E-state index contributed by atoms with van der Waals surface area (Å²) in [5, 5.41) is 11.7. The van der Waals surface area contributed by atoms with Gasteiger partial charge in [-0.3, -0.25) is 4.79 Å². The molecule has 0 unspecified atom stereocenters. The van der Waals surface area contributed by atoms with Gasteiger partial charge in [0.15, 0.2) is 0 Å². The molecule has 1 aromatic carbocycles. The smallest absolute Gasteiger partial charge is 0.266 e. The number of carbonyl (C=O) groups is 1. The van der Waals surface area contributed by atoms with Crippen LogP contribution < -0.4 is 5.32 Å². The third kappa shape index (κ3) is 3.33. The van der Waals surface area contributed by atoms with Gasteiger partial charge in [0, 0.05) is 11.8 Å². The standard InChI is InChI=1S/C15H12N2O2/c1-11-7-8-14(19-11)9-12(10-16)15(18)17-13-5-3-2-4-6-13/h2-9H,1H3,(H,17,18). The number of nitriles is 1. The topological polar surface area (TPSA) is 66.0 Å². The minimum Gasteiger partial charge on any atom is -0.462 e. The van der Waals surface area contributed by atoms with Crippen molar-refractivity contribution in [2.24, 2.45) is 0 Å². The molecule has 0 spiro atoms. The Morgan fingerprint density at radius 3 is 2.58 bits per heavy atom. The summed E-state index contributed by atoms with van der Waals surface area (Å²) in [5.74, 6) is 0.757. The van der Waals surface area contributed by atoms with Crippen LogP contribution in [-0.2, 0) is 4.79 Å². The molecule has 1 aromatic heterocycles. The number of anilines is 1. The summed E-state index contributed by atoms with van der Waals surface area (Å²) in [6.45, 7) is 1.80. The Hall–Kier alpha value is -2.80. The fourth-order valence-corrected chi connectivity index (χ4v) is 1.54. The molecular formula is C15H12N2O2. The van der Waals surface area contributed by atoms with Crippen molar-refractivity contribution in [2.75, 3.05) is 5.32 Å². The van der Waals surface area contributed by atoms with Crippen molar-refractivity contribution in [1.82, 2.24) is 0 Å². The van der Waals surface area contributed by atoms with Crippen LogP contribution in [-0.4, -0.2) is 5.91 Å². The molecule has 0 saturated heterocycles. The van der Waals surface area contributed by atoms with Crippen molar-refractivity contribution in [3.05, 3.63) is 59.6 Å². The summed E-state index contributed by atoms with van der Waals surface area (Å²) >= 11 is 0. The second kappa shape index (κ2) is 5.69. The quantitative estimate of drug-likeness (QED) is 0.674. The highest BCUT2D eigenvalue weighted by molar-refractivity contribution is 6.09. The van der Waals surface area contributed by atoms with Gasteiger partial charge in [-0.15, -0.1) is 0 Å². The van der Waals surface area contributed by atoms with Gasteiger partial charge < -0.3 is 9.73 Å². The van der Waals surface area contributed by atoms with Gasteiger partial charge in [-0.05, 0) is 31.2 Å². The van der Waals surface area contributed by atoms with Gasteiger partial charge in [0.2, 0.25) is 0 Å². The van der Waals surface area contributed by atoms with Crippen LogP contribution in [0.2, 0.25) is 0 Å². The zero-order valence-corrected chi connectivity index (χ0v) is 10.4. The molecule has 0 atom stereocenters. The molecule has 0 aliphatic carbocycles. The molecule has 1 N–H and O–H groups in total. The molecule has 0 bridgehead atoms. The monoisotopic (exact) mass is 252 g/mol. The molecule has 4 nitrogen and oxygen atoms in total. The number of nitrogens with one attached hydrogen (secondary N) is 1. The van der Waals surface area contributed by atoms with Gasteiger partial charge in [-0.2, -0.15) is 5.26 Å². The summed E-state index contributed by atoms with van der Waals surface area (Å²) in [6, 6.07) is 14.3. The lowest BCUT2D eigenvalue weighted by atomic mass is 10.2. The highest BCUT2D eigenvalue weighted by atomic mass is 16.3. The molecule has 1 heterocycles. The van der Waals surface area contributed by atoms with Crippen LogP contribution in [0.5, 0.6) is 0 Å². The Morgan fingerprint density at radius 2 is 2.00 bits per heavy atom. The summed E-state index contributed by atoms with van der Waals surface area (Å²) in [6.07, 6.45) is 1.42. The highest BCUT2D eigenvalue weighted by Crippen LogP contribution is 2.13. The predicted molar refractivity (Wildman–Crippen MR) is 72.1 cm³/mol. The molecule has 1 amide bonds. The van der Waals surface area contributed by atoms with Crippen molar-refractivity contribution in [3.63, 3.8) is 0 Å². The van der Waals surface area contributed by atoms with E-state index in [1.54, 1.807) is 43.3 Å². The number of aryl methyl sites for hydroxylation is 1. The number of hydrogen-bond donors (Lipinski definition) is 1. The molecule has 0 fully saturated rings. The minimum absolute atomic E-state index is 0.00166. The molecule has 0 saturated carbocycles. The number of para-hydroxylation sites is 1. The van der Waals surface area contributed by atoms with Crippen molar-refractivity contribution in [1.29, 1.82) is 5.26 Å². The number of furan rings is 1. The first-order chi connectivity index (χ1) is 9.19. The van der Waals surface area contributed by atoms with E-state index in [0.29, 0.717) is 11.4 Å². The number of rotatable bonds is 3. The van der Waals surface area contributed by atoms with E-state index in [2.05, 4.69) is 5.32 Å². The molecule has 0 aliphatic rings. The Kier molecular flexibility index (Phi) is 3.79. The molecule has 19 heavy (non-hydrogen) atoms. The fourth-order valence-electron chi connectivity index (χ4n) is 1.54. The largest absolute Gasteiger partial charge is 0.462 e. The first kappa shape index (κ1) is 12.7.